The Balaban J connectivity index is 2.05. The van der Waals surface area contributed by atoms with Crippen molar-refractivity contribution < 1.29 is 14.3 Å². The van der Waals surface area contributed by atoms with Crippen LogP contribution in [-0.4, -0.2) is 24.3 Å². The molecule has 0 unspecified atom stereocenters. The van der Waals surface area contributed by atoms with E-state index in [9.17, 15) is 4.79 Å². The number of esters is 1. The number of fused-ring (bicyclic) bond motifs is 1. The third-order valence-electron chi connectivity index (χ3n) is 4.16. The van der Waals surface area contributed by atoms with Gasteiger partial charge in [0.1, 0.15) is 5.75 Å². The van der Waals surface area contributed by atoms with Gasteiger partial charge in [0, 0.05) is 17.6 Å². The summed E-state index contributed by atoms with van der Waals surface area (Å²) in [4.78, 5) is 12.2. The number of hydrogen-bond donors (Lipinski definition) is 0. The zero-order valence-corrected chi connectivity index (χ0v) is 13.1. The van der Waals surface area contributed by atoms with Crippen molar-refractivity contribution in [3.8, 4) is 11.4 Å². The maximum atomic E-state index is 12.2. The van der Waals surface area contributed by atoms with Crippen LogP contribution >= 0.6 is 0 Å². The number of benzene rings is 1. The van der Waals surface area contributed by atoms with E-state index in [0.29, 0.717) is 12.2 Å². The molecule has 0 radical (unpaired) electrons. The first-order valence-electron chi connectivity index (χ1n) is 7.79. The van der Waals surface area contributed by atoms with Crippen LogP contribution in [-0.2, 0) is 17.6 Å². The van der Waals surface area contributed by atoms with Crippen LogP contribution in [0.1, 0.15) is 41.4 Å². The average Bonchev–Trinajstić information content (AvgIpc) is 2.95. The number of aromatic nitrogens is 1. The fourth-order valence-electron chi connectivity index (χ4n) is 3.09. The van der Waals surface area contributed by atoms with Gasteiger partial charge in [0.25, 0.3) is 0 Å². The summed E-state index contributed by atoms with van der Waals surface area (Å²) in [6.07, 6.45) is 6.17. The topological polar surface area (TPSA) is 40.5 Å². The first-order chi connectivity index (χ1) is 10.7. The van der Waals surface area contributed by atoms with Crippen LogP contribution < -0.4 is 4.74 Å². The molecule has 3 rings (SSSR count). The van der Waals surface area contributed by atoms with Crippen molar-refractivity contribution in [2.45, 2.75) is 32.6 Å². The number of hydrogen-bond acceptors (Lipinski definition) is 3. The van der Waals surface area contributed by atoms with Gasteiger partial charge in [0.15, 0.2) is 0 Å². The summed E-state index contributed by atoms with van der Waals surface area (Å²) in [6.45, 7) is 2.24. The van der Waals surface area contributed by atoms with Crippen LogP contribution in [0.2, 0.25) is 0 Å². The number of ether oxygens (including phenoxy) is 2. The number of carbonyl (C=O) groups is 1. The maximum Gasteiger partial charge on any atom is 0.339 e. The van der Waals surface area contributed by atoms with Crippen molar-refractivity contribution in [3.05, 3.63) is 47.3 Å². The van der Waals surface area contributed by atoms with Gasteiger partial charge >= 0.3 is 5.97 Å². The van der Waals surface area contributed by atoms with E-state index in [4.69, 9.17) is 9.47 Å². The molecule has 22 heavy (non-hydrogen) atoms. The second-order valence-corrected chi connectivity index (χ2v) is 5.46. The average molecular weight is 299 g/mol. The van der Waals surface area contributed by atoms with E-state index in [2.05, 4.69) is 4.57 Å². The van der Waals surface area contributed by atoms with Crippen LogP contribution in [0.4, 0.5) is 0 Å². The lowest BCUT2D eigenvalue weighted by Gasteiger charge is -2.16. The fraction of sp³-hybridized carbons (Fsp3) is 0.389. The second kappa shape index (κ2) is 6.26. The van der Waals surface area contributed by atoms with E-state index >= 15 is 0 Å². The van der Waals surface area contributed by atoms with E-state index in [1.54, 1.807) is 7.11 Å². The van der Waals surface area contributed by atoms with Crippen molar-refractivity contribution in [2.24, 2.45) is 0 Å². The molecule has 0 saturated carbocycles. The Morgan fingerprint density at radius 1 is 1.18 bits per heavy atom. The molecular weight excluding hydrogens is 278 g/mol. The molecule has 1 aliphatic rings. The molecule has 0 aliphatic heterocycles. The number of nitrogens with zero attached hydrogens (tertiary/aromatic N) is 1. The Kier molecular flexibility index (Phi) is 4.18. The molecule has 0 saturated heterocycles. The van der Waals surface area contributed by atoms with Gasteiger partial charge < -0.3 is 14.0 Å². The third-order valence-corrected chi connectivity index (χ3v) is 4.16. The predicted molar refractivity (Wildman–Crippen MR) is 84.9 cm³/mol. The van der Waals surface area contributed by atoms with Crippen LogP contribution in [0.5, 0.6) is 5.75 Å². The molecule has 1 aliphatic carbocycles. The lowest BCUT2D eigenvalue weighted by molar-refractivity contribution is 0.0525. The van der Waals surface area contributed by atoms with Crippen LogP contribution in [0.15, 0.2) is 30.5 Å². The quantitative estimate of drug-likeness (QED) is 0.811. The Labute approximate surface area is 130 Å². The Morgan fingerprint density at radius 3 is 2.59 bits per heavy atom. The van der Waals surface area contributed by atoms with Gasteiger partial charge in [-0.2, -0.15) is 0 Å². The van der Waals surface area contributed by atoms with Crippen molar-refractivity contribution in [1.29, 1.82) is 0 Å². The summed E-state index contributed by atoms with van der Waals surface area (Å²) < 4.78 is 12.5. The highest BCUT2D eigenvalue weighted by atomic mass is 16.5. The monoisotopic (exact) mass is 299 g/mol. The molecule has 0 atom stereocenters. The fourth-order valence-corrected chi connectivity index (χ4v) is 3.09. The Hall–Kier alpha value is -2.23. The van der Waals surface area contributed by atoms with Gasteiger partial charge in [0.2, 0.25) is 0 Å². The van der Waals surface area contributed by atoms with Crippen molar-refractivity contribution in [2.75, 3.05) is 13.7 Å². The van der Waals surface area contributed by atoms with Gasteiger partial charge in [-0.15, -0.1) is 0 Å². The minimum absolute atomic E-state index is 0.215. The summed E-state index contributed by atoms with van der Waals surface area (Å²) in [5.41, 5.74) is 4.15. The van der Waals surface area contributed by atoms with Crippen molar-refractivity contribution >= 4 is 5.97 Å². The number of carbonyl (C=O) groups excluding carboxylic acids is 1. The molecule has 0 amide bonds. The molecule has 0 N–H and O–H groups in total. The molecule has 0 spiro atoms. The largest absolute Gasteiger partial charge is 0.497 e. The van der Waals surface area contributed by atoms with Crippen LogP contribution in [0, 0.1) is 0 Å². The third kappa shape index (κ3) is 2.61. The molecule has 1 aromatic carbocycles. The molecular formula is C18H21NO3. The molecule has 4 heteroatoms. The molecule has 1 heterocycles. The molecule has 0 fully saturated rings. The lowest BCUT2D eigenvalue weighted by atomic mass is 9.95. The number of methoxy groups -OCH3 is 1. The van der Waals surface area contributed by atoms with Crippen LogP contribution in [0.25, 0.3) is 5.69 Å². The standard InChI is InChI=1S/C18H21NO3/c1-3-22-18(20)16-12-19(17-7-5-4-6-15(16)17)13-8-10-14(21-2)11-9-13/h8-12H,3-7H2,1-2H3. The SMILES string of the molecule is CCOC(=O)c1cn(-c2ccc(OC)cc2)c2c1CCCC2. The Bertz CT molecular complexity index is 670. The van der Waals surface area contributed by atoms with E-state index in [1.807, 2.05) is 37.4 Å². The summed E-state index contributed by atoms with van der Waals surface area (Å²) in [7, 11) is 1.66. The molecule has 2 aromatic rings. The summed E-state index contributed by atoms with van der Waals surface area (Å²) in [5, 5.41) is 0. The second-order valence-electron chi connectivity index (χ2n) is 5.46. The highest BCUT2D eigenvalue weighted by molar-refractivity contribution is 5.91. The van der Waals surface area contributed by atoms with Gasteiger partial charge in [-0.05, 0) is 62.4 Å². The predicted octanol–water partition coefficient (Wildman–Crippen LogP) is 3.54. The van der Waals surface area contributed by atoms with E-state index in [0.717, 1.165) is 42.7 Å². The molecule has 0 bridgehead atoms. The first-order valence-corrected chi connectivity index (χ1v) is 7.79. The van der Waals surface area contributed by atoms with Gasteiger partial charge in [-0.25, -0.2) is 4.79 Å². The minimum Gasteiger partial charge on any atom is -0.497 e. The summed E-state index contributed by atoms with van der Waals surface area (Å²) in [6, 6.07) is 7.91. The van der Waals surface area contributed by atoms with Gasteiger partial charge in [-0.3, -0.25) is 0 Å². The van der Waals surface area contributed by atoms with Crippen molar-refractivity contribution in [1.82, 2.24) is 4.57 Å². The zero-order chi connectivity index (χ0) is 15.5. The van der Waals surface area contributed by atoms with Crippen LogP contribution in [0.3, 0.4) is 0 Å². The summed E-state index contributed by atoms with van der Waals surface area (Å²) >= 11 is 0. The number of rotatable bonds is 4. The highest BCUT2D eigenvalue weighted by Gasteiger charge is 2.24. The first kappa shape index (κ1) is 14.7. The van der Waals surface area contributed by atoms with Gasteiger partial charge in [0.05, 0.1) is 19.3 Å². The molecule has 4 nitrogen and oxygen atoms in total. The molecule has 116 valence electrons. The minimum atomic E-state index is -0.215. The zero-order valence-electron chi connectivity index (χ0n) is 13.1. The Morgan fingerprint density at radius 2 is 1.91 bits per heavy atom. The van der Waals surface area contributed by atoms with E-state index in [1.165, 1.54) is 5.69 Å². The van der Waals surface area contributed by atoms with Gasteiger partial charge in [-0.1, -0.05) is 0 Å². The molecule has 1 aromatic heterocycles. The maximum absolute atomic E-state index is 12.2. The lowest BCUT2D eigenvalue weighted by Crippen LogP contribution is -2.10. The van der Waals surface area contributed by atoms with E-state index in [-0.39, 0.29) is 5.97 Å². The highest BCUT2D eigenvalue weighted by Crippen LogP contribution is 2.30. The van der Waals surface area contributed by atoms with Crippen molar-refractivity contribution in [3.63, 3.8) is 0 Å². The smallest absolute Gasteiger partial charge is 0.339 e. The normalized spacial score (nSPS) is 13.5. The summed E-state index contributed by atoms with van der Waals surface area (Å²) in [5.74, 6) is 0.614. The van der Waals surface area contributed by atoms with E-state index < -0.39 is 0 Å².